The normalized spacial score (nSPS) is 15.7. The average Bonchev–Trinajstić information content (AvgIpc) is 2.58. The van der Waals surface area contributed by atoms with E-state index < -0.39 is 0 Å². The lowest BCUT2D eigenvalue weighted by atomic mass is 10.1. The van der Waals surface area contributed by atoms with E-state index >= 15 is 0 Å². The van der Waals surface area contributed by atoms with Gasteiger partial charge in [-0.3, -0.25) is 9.78 Å². The standard InChI is InChI=1S/C19H25N3O/c1-15-14-17(16-8-3-4-9-18(16)21-15)19(23)20-10-7-13-22-11-5-2-6-12-22/h3-4,8-9,14H,2,5-7,10-13H2,1H3,(H,20,23). The van der Waals surface area contributed by atoms with E-state index in [1.807, 2.05) is 37.3 Å². The first-order chi connectivity index (χ1) is 11.2. The van der Waals surface area contributed by atoms with Crippen LogP contribution in [0.1, 0.15) is 41.7 Å². The first-order valence-electron chi connectivity index (χ1n) is 8.61. The molecule has 1 fully saturated rings. The Morgan fingerprint density at radius 2 is 2.00 bits per heavy atom. The highest BCUT2D eigenvalue weighted by molar-refractivity contribution is 6.06. The van der Waals surface area contributed by atoms with Crippen LogP contribution in [0.5, 0.6) is 0 Å². The number of fused-ring (bicyclic) bond motifs is 1. The van der Waals surface area contributed by atoms with Crippen LogP contribution in [-0.2, 0) is 0 Å². The number of aryl methyl sites for hydroxylation is 1. The molecule has 3 rings (SSSR count). The summed E-state index contributed by atoms with van der Waals surface area (Å²) in [6.45, 7) is 6.16. The maximum Gasteiger partial charge on any atom is 0.252 e. The maximum atomic E-state index is 12.5. The predicted octanol–water partition coefficient (Wildman–Crippen LogP) is 3.15. The minimum absolute atomic E-state index is 0.00495. The van der Waals surface area contributed by atoms with Gasteiger partial charge < -0.3 is 10.2 Å². The Balaban J connectivity index is 1.58. The van der Waals surface area contributed by atoms with E-state index in [0.717, 1.165) is 41.7 Å². The number of nitrogens with one attached hydrogen (secondary N) is 1. The number of likely N-dealkylation sites (tertiary alicyclic amines) is 1. The number of nitrogens with zero attached hydrogens (tertiary/aromatic N) is 2. The molecule has 1 aromatic heterocycles. The lowest BCUT2D eigenvalue weighted by Gasteiger charge is -2.26. The van der Waals surface area contributed by atoms with Crippen molar-refractivity contribution in [3.8, 4) is 0 Å². The second kappa shape index (κ2) is 7.55. The molecule has 0 aliphatic carbocycles. The number of hydrogen-bond donors (Lipinski definition) is 1. The fourth-order valence-corrected chi connectivity index (χ4v) is 3.28. The highest BCUT2D eigenvalue weighted by Crippen LogP contribution is 2.18. The number of para-hydroxylation sites is 1. The van der Waals surface area contributed by atoms with Crippen molar-refractivity contribution in [2.24, 2.45) is 0 Å². The third kappa shape index (κ3) is 4.08. The van der Waals surface area contributed by atoms with Crippen molar-refractivity contribution in [2.45, 2.75) is 32.6 Å². The van der Waals surface area contributed by atoms with Gasteiger partial charge in [-0.1, -0.05) is 24.6 Å². The van der Waals surface area contributed by atoms with Gasteiger partial charge in [0.1, 0.15) is 0 Å². The van der Waals surface area contributed by atoms with Crippen molar-refractivity contribution in [2.75, 3.05) is 26.2 Å². The Morgan fingerprint density at radius 3 is 2.83 bits per heavy atom. The maximum absolute atomic E-state index is 12.5. The van der Waals surface area contributed by atoms with Crippen molar-refractivity contribution in [1.29, 1.82) is 0 Å². The number of piperidine rings is 1. The molecular formula is C19H25N3O. The topological polar surface area (TPSA) is 45.2 Å². The molecule has 0 bridgehead atoms. The summed E-state index contributed by atoms with van der Waals surface area (Å²) in [5, 5.41) is 3.99. The van der Waals surface area contributed by atoms with E-state index in [0.29, 0.717) is 0 Å². The molecule has 2 aromatic rings. The molecule has 1 aliphatic heterocycles. The number of rotatable bonds is 5. The largest absolute Gasteiger partial charge is 0.352 e. The monoisotopic (exact) mass is 311 g/mol. The van der Waals surface area contributed by atoms with Crippen LogP contribution < -0.4 is 5.32 Å². The number of amides is 1. The van der Waals surface area contributed by atoms with Crippen molar-refractivity contribution < 1.29 is 4.79 Å². The van der Waals surface area contributed by atoms with Gasteiger partial charge in [0.15, 0.2) is 0 Å². The predicted molar refractivity (Wildman–Crippen MR) is 93.7 cm³/mol. The van der Waals surface area contributed by atoms with E-state index in [9.17, 15) is 4.79 Å². The molecule has 0 saturated carbocycles. The van der Waals surface area contributed by atoms with Gasteiger partial charge >= 0.3 is 0 Å². The van der Waals surface area contributed by atoms with Gasteiger partial charge in [-0.2, -0.15) is 0 Å². The number of carbonyl (C=O) groups excluding carboxylic acids is 1. The van der Waals surface area contributed by atoms with Crippen molar-refractivity contribution in [1.82, 2.24) is 15.2 Å². The van der Waals surface area contributed by atoms with Crippen LogP contribution in [0.25, 0.3) is 10.9 Å². The first-order valence-corrected chi connectivity index (χ1v) is 8.61. The number of carbonyl (C=O) groups is 1. The van der Waals surface area contributed by atoms with Gasteiger partial charge in [0.05, 0.1) is 11.1 Å². The summed E-state index contributed by atoms with van der Waals surface area (Å²) < 4.78 is 0. The Hall–Kier alpha value is -1.94. The van der Waals surface area contributed by atoms with E-state index in [-0.39, 0.29) is 5.91 Å². The second-order valence-corrected chi connectivity index (χ2v) is 6.34. The average molecular weight is 311 g/mol. The van der Waals surface area contributed by atoms with E-state index in [4.69, 9.17) is 0 Å². The molecule has 1 saturated heterocycles. The number of aromatic nitrogens is 1. The number of benzene rings is 1. The molecule has 0 unspecified atom stereocenters. The van der Waals surface area contributed by atoms with Crippen LogP contribution in [0.3, 0.4) is 0 Å². The minimum Gasteiger partial charge on any atom is -0.352 e. The Bertz CT molecular complexity index is 677. The molecule has 0 spiro atoms. The summed E-state index contributed by atoms with van der Waals surface area (Å²) in [5.74, 6) is 0.00495. The molecule has 1 N–H and O–H groups in total. The molecule has 122 valence electrons. The smallest absolute Gasteiger partial charge is 0.252 e. The van der Waals surface area contributed by atoms with Crippen LogP contribution in [0.4, 0.5) is 0 Å². The van der Waals surface area contributed by atoms with Gasteiger partial charge in [0.25, 0.3) is 5.91 Å². The van der Waals surface area contributed by atoms with Crippen LogP contribution >= 0.6 is 0 Å². The second-order valence-electron chi connectivity index (χ2n) is 6.34. The van der Waals surface area contributed by atoms with Crippen LogP contribution in [0.15, 0.2) is 30.3 Å². The molecule has 0 atom stereocenters. The molecule has 1 aromatic carbocycles. The summed E-state index contributed by atoms with van der Waals surface area (Å²) in [5.41, 5.74) is 2.49. The molecule has 2 heterocycles. The zero-order valence-corrected chi connectivity index (χ0v) is 13.8. The first kappa shape index (κ1) is 15.9. The van der Waals surface area contributed by atoms with Gasteiger partial charge in [0, 0.05) is 17.6 Å². The zero-order valence-electron chi connectivity index (χ0n) is 13.8. The summed E-state index contributed by atoms with van der Waals surface area (Å²) in [7, 11) is 0. The van der Waals surface area contributed by atoms with E-state index in [1.54, 1.807) is 0 Å². The summed E-state index contributed by atoms with van der Waals surface area (Å²) in [6, 6.07) is 9.70. The molecule has 23 heavy (non-hydrogen) atoms. The Labute approximate surface area is 137 Å². The third-order valence-corrected chi connectivity index (χ3v) is 4.47. The van der Waals surface area contributed by atoms with Crippen molar-refractivity contribution >= 4 is 16.8 Å². The van der Waals surface area contributed by atoms with E-state index in [2.05, 4.69) is 15.2 Å². The number of pyridine rings is 1. The van der Waals surface area contributed by atoms with Crippen molar-refractivity contribution in [3.63, 3.8) is 0 Å². The van der Waals surface area contributed by atoms with Crippen LogP contribution in [0, 0.1) is 6.92 Å². The van der Waals surface area contributed by atoms with Gasteiger partial charge in [-0.05, 0) is 58.0 Å². The Morgan fingerprint density at radius 1 is 1.22 bits per heavy atom. The number of hydrogen-bond acceptors (Lipinski definition) is 3. The lowest BCUT2D eigenvalue weighted by molar-refractivity contribution is 0.0952. The van der Waals surface area contributed by atoms with E-state index in [1.165, 1.54) is 32.4 Å². The SMILES string of the molecule is Cc1cc(C(=O)NCCCN2CCCCC2)c2ccccc2n1. The summed E-state index contributed by atoms with van der Waals surface area (Å²) in [4.78, 5) is 19.5. The molecular weight excluding hydrogens is 286 g/mol. The quantitative estimate of drug-likeness (QED) is 0.863. The third-order valence-electron chi connectivity index (χ3n) is 4.47. The molecule has 4 nitrogen and oxygen atoms in total. The fraction of sp³-hybridized carbons (Fsp3) is 0.474. The Kier molecular flexibility index (Phi) is 5.23. The summed E-state index contributed by atoms with van der Waals surface area (Å²) in [6.07, 6.45) is 5.00. The minimum atomic E-state index is 0.00495. The zero-order chi connectivity index (χ0) is 16.1. The van der Waals surface area contributed by atoms with Gasteiger partial charge in [0.2, 0.25) is 0 Å². The van der Waals surface area contributed by atoms with Gasteiger partial charge in [-0.25, -0.2) is 0 Å². The highest BCUT2D eigenvalue weighted by atomic mass is 16.1. The molecule has 4 heteroatoms. The van der Waals surface area contributed by atoms with Crippen LogP contribution in [0.2, 0.25) is 0 Å². The molecule has 0 radical (unpaired) electrons. The summed E-state index contributed by atoms with van der Waals surface area (Å²) >= 11 is 0. The fourth-order valence-electron chi connectivity index (χ4n) is 3.28. The molecule has 1 amide bonds. The van der Waals surface area contributed by atoms with Crippen molar-refractivity contribution in [3.05, 3.63) is 41.6 Å². The van der Waals surface area contributed by atoms with Gasteiger partial charge in [-0.15, -0.1) is 0 Å². The van der Waals surface area contributed by atoms with Crippen LogP contribution in [-0.4, -0.2) is 42.0 Å². The molecule has 1 aliphatic rings. The lowest BCUT2D eigenvalue weighted by Crippen LogP contribution is -2.33. The highest BCUT2D eigenvalue weighted by Gasteiger charge is 2.12.